The molecule has 2 aromatic rings. The van der Waals surface area contributed by atoms with Gasteiger partial charge in [0.15, 0.2) is 5.82 Å². The lowest BCUT2D eigenvalue weighted by Gasteiger charge is -2.04. The number of nitrogens with zero attached hydrogens (tertiary/aromatic N) is 3. The van der Waals surface area contributed by atoms with Gasteiger partial charge in [-0.1, -0.05) is 44.7 Å². The number of hydrogen-bond acceptors (Lipinski definition) is 4. The largest absolute Gasteiger partial charge is 0.462 e. The zero-order valence-corrected chi connectivity index (χ0v) is 15.1. The van der Waals surface area contributed by atoms with Crippen LogP contribution in [0.4, 0.5) is 0 Å². The Morgan fingerprint density at radius 3 is 2.54 bits per heavy atom. The first kappa shape index (κ1) is 18.5. The molecule has 1 heterocycles. The first-order chi connectivity index (χ1) is 11.7. The minimum absolute atomic E-state index is 0.0603. The van der Waals surface area contributed by atoms with Crippen molar-refractivity contribution < 1.29 is 9.53 Å². The van der Waals surface area contributed by atoms with E-state index in [2.05, 4.69) is 17.0 Å². The molecule has 0 atom stereocenters. The van der Waals surface area contributed by atoms with Crippen LogP contribution < -0.4 is 4.74 Å². The molecule has 24 heavy (non-hydrogen) atoms. The van der Waals surface area contributed by atoms with Crippen LogP contribution in [-0.4, -0.2) is 27.3 Å². The Morgan fingerprint density at radius 2 is 1.88 bits per heavy atom. The molecule has 0 amide bonds. The summed E-state index contributed by atoms with van der Waals surface area (Å²) in [7, 11) is 0. The fourth-order valence-electron chi connectivity index (χ4n) is 2.32. The van der Waals surface area contributed by atoms with Crippen molar-refractivity contribution in [1.29, 1.82) is 0 Å². The molecule has 0 aliphatic heterocycles. The summed E-state index contributed by atoms with van der Waals surface area (Å²) in [6.07, 6.45) is 5.50. The Bertz CT molecular complexity index is 653. The lowest BCUT2D eigenvalue weighted by molar-refractivity contribution is 0.0883. The van der Waals surface area contributed by atoms with Crippen molar-refractivity contribution in [2.75, 3.05) is 6.61 Å². The summed E-state index contributed by atoms with van der Waals surface area (Å²) in [5.41, 5.74) is 0.792. The average molecular weight is 350 g/mol. The molecule has 1 aromatic carbocycles. The molecule has 0 fully saturated rings. The van der Waals surface area contributed by atoms with Gasteiger partial charge >= 0.3 is 6.01 Å². The highest BCUT2D eigenvalue weighted by molar-refractivity contribution is 6.30. The van der Waals surface area contributed by atoms with Crippen molar-refractivity contribution in [1.82, 2.24) is 14.8 Å². The molecule has 0 radical (unpaired) electrons. The van der Waals surface area contributed by atoms with E-state index in [1.54, 1.807) is 12.1 Å². The van der Waals surface area contributed by atoms with Gasteiger partial charge in [0.05, 0.1) is 6.61 Å². The van der Waals surface area contributed by atoms with E-state index in [0.29, 0.717) is 23.9 Å². The fraction of sp³-hybridized carbons (Fsp3) is 0.500. The molecule has 0 N–H and O–H groups in total. The molecule has 0 saturated carbocycles. The molecule has 5 nitrogen and oxygen atoms in total. The number of aromatic nitrogens is 3. The van der Waals surface area contributed by atoms with Crippen molar-refractivity contribution in [2.45, 2.75) is 52.4 Å². The predicted octanol–water partition coefficient (Wildman–Crippen LogP) is 5.00. The van der Waals surface area contributed by atoms with Gasteiger partial charge in [-0.15, -0.1) is 5.10 Å². The maximum atomic E-state index is 12.5. The standard InChI is InChI=1S/C18H24ClN3O2/c1-3-5-6-7-8-16(23)22-17(14-9-11-15(19)12-10-14)20-18(21-22)24-13-4-2/h9-12H,3-8,13H2,1-2H3. The third-order valence-electron chi connectivity index (χ3n) is 3.61. The lowest BCUT2D eigenvalue weighted by Crippen LogP contribution is -2.14. The van der Waals surface area contributed by atoms with E-state index in [1.807, 2.05) is 19.1 Å². The summed E-state index contributed by atoms with van der Waals surface area (Å²) in [6.45, 7) is 4.68. The summed E-state index contributed by atoms with van der Waals surface area (Å²) in [5, 5.41) is 4.88. The highest BCUT2D eigenvalue weighted by Gasteiger charge is 2.18. The quantitative estimate of drug-likeness (QED) is 0.598. The monoisotopic (exact) mass is 349 g/mol. The highest BCUT2D eigenvalue weighted by atomic mass is 35.5. The number of rotatable bonds is 9. The molecule has 0 aliphatic carbocycles. The maximum Gasteiger partial charge on any atom is 0.336 e. The lowest BCUT2D eigenvalue weighted by atomic mass is 10.1. The van der Waals surface area contributed by atoms with Crippen LogP contribution in [0.5, 0.6) is 6.01 Å². The summed E-state index contributed by atoms with van der Waals surface area (Å²) >= 11 is 5.94. The minimum Gasteiger partial charge on any atom is -0.462 e. The molecular formula is C18H24ClN3O2. The number of carbonyl (C=O) groups is 1. The molecular weight excluding hydrogens is 326 g/mol. The van der Waals surface area contributed by atoms with E-state index in [-0.39, 0.29) is 11.9 Å². The molecule has 130 valence electrons. The summed E-state index contributed by atoms with van der Waals surface area (Å²) in [6, 6.07) is 7.44. The number of halogens is 1. The van der Waals surface area contributed by atoms with Gasteiger partial charge < -0.3 is 4.74 Å². The van der Waals surface area contributed by atoms with Crippen LogP contribution in [0.1, 0.15) is 57.2 Å². The minimum atomic E-state index is -0.0603. The van der Waals surface area contributed by atoms with Crippen molar-refractivity contribution in [3.05, 3.63) is 29.3 Å². The van der Waals surface area contributed by atoms with Gasteiger partial charge in [-0.2, -0.15) is 9.67 Å². The van der Waals surface area contributed by atoms with E-state index >= 15 is 0 Å². The van der Waals surface area contributed by atoms with E-state index in [1.165, 1.54) is 4.68 Å². The Morgan fingerprint density at radius 1 is 1.12 bits per heavy atom. The van der Waals surface area contributed by atoms with Crippen LogP contribution in [0.3, 0.4) is 0 Å². The number of benzene rings is 1. The molecule has 0 spiro atoms. The topological polar surface area (TPSA) is 57.0 Å². The van der Waals surface area contributed by atoms with Gasteiger partial charge in [-0.3, -0.25) is 4.79 Å². The van der Waals surface area contributed by atoms with Gasteiger partial charge in [0.2, 0.25) is 5.91 Å². The highest BCUT2D eigenvalue weighted by Crippen LogP contribution is 2.22. The van der Waals surface area contributed by atoms with Gasteiger partial charge in [0.25, 0.3) is 0 Å². The molecule has 1 aromatic heterocycles. The van der Waals surface area contributed by atoms with Crippen molar-refractivity contribution in [3.8, 4) is 17.4 Å². The van der Waals surface area contributed by atoms with Crippen molar-refractivity contribution >= 4 is 17.5 Å². The Hall–Kier alpha value is -1.88. The zero-order chi connectivity index (χ0) is 17.4. The number of hydrogen-bond donors (Lipinski definition) is 0. The average Bonchev–Trinajstić information content (AvgIpc) is 3.01. The summed E-state index contributed by atoms with van der Waals surface area (Å²) in [4.78, 5) is 16.9. The van der Waals surface area contributed by atoms with Crippen LogP contribution in [0.25, 0.3) is 11.4 Å². The second-order valence-electron chi connectivity index (χ2n) is 5.69. The van der Waals surface area contributed by atoms with E-state index in [9.17, 15) is 4.79 Å². The smallest absolute Gasteiger partial charge is 0.336 e. The van der Waals surface area contributed by atoms with Crippen LogP contribution in [0.2, 0.25) is 5.02 Å². The van der Waals surface area contributed by atoms with Gasteiger partial charge in [0.1, 0.15) is 0 Å². The van der Waals surface area contributed by atoms with Crippen LogP contribution in [0.15, 0.2) is 24.3 Å². The van der Waals surface area contributed by atoms with E-state index in [0.717, 1.165) is 37.7 Å². The van der Waals surface area contributed by atoms with E-state index in [4.69, 9.17) is 16.3 Å². The zero-order valence-electron chi connectivity index (χ0n) is 14.3. The molecule has 0 saturated heterocycles. The molecule has 2 rings (SSSR count). The van der Waals surface area contributed by atoms with Crippen LogP contribution in [-0.2, 0) is 0 Å². The van der Waals surface area contributed by atoms with Gasteiger partial charge in [-0.05, 0) is 37.1 Å². The van der Waals surface area contributed by atoms with Crippen molar-refractivity contribution in [2.24, 2.45) is 0 Å². The number of ether oxygens (including phenoxy) is 1. The summed E-state index contributed by atoms with van der Waals surface area (Å²) < 4.78 is 6.85. The first-order valence-electron chi connectivity index (χ1n) is 8.54. The SMILES string of the molecule is CCCCCCC(=O)n1nc(OCCC)nc1-c1ccc(Cl)cc1. The normalized spacial score (nSPS) is 10.8. The second-order valence-corrected chi connectivity index (χ2v) is 6.13. The Balaban J connectivity index is 2.21. The third kappa shape index (κ3) is 5.06. The van der Waals surface area contributed by atoms with Crippen LogP contribution >= 0.6 is 11.6 Å². The Kier molecular flexibility index (Phi) is 7.25. The van der Waals surface area contributed by atoms with Crippen LogP contribution in [0, 0.1) is 0 Å². The molecule has 0 aliphatic rings. The van der Waals surface area contributed by atoms with Gasteiger partial charge in [0, 0.05) is 17.0 Å². The third-order valence-corrected chi connectivity index (χ3v) is 3.86. The molecule has 0 unspecified atom stereocenters. The van der Waals surface area contributed by atoms with E-state index < -0.39 is 0 Å². The molecule has 0 bridgehead atoms. The maximum absolute atomic E-state index is 12.5. The fourth-order valence-corrected chi connectivity index (χ4v) is 2.44. The first-order valence-corrected chi connectivity index (χ1v) is 8.92. The Labute approximate surface area is 148 Å². The number of unbranched alkanes of at least 4 members (excludes halogenated alkanes) is 3. The van der Waals surface area contributed by atoms with Crippen molar-refractivity contribution in [3.63, 3.8) is 0 Å². The summed E-state index contributed by atoms with van der Waals surface area (Å²) in [5.74, 6) is 0.438. The number of carbonyl (C=O) groups excluding carboxylic acids is 1. The molecule has 6 heteroatoms. The van der Waals surface area contributed by atoms with Gasteiger partial charge in [-0.25, -0.2) is 0 Å². The predicted molar refractivity (Wildman–Crippen MR) is 95.6 cm³/mol. The second kappa shape index (κ2) is 9.42.